The number of hydrogen-bond donors (Lipinski definition) is 0. The van der Waals surface area contributed by atoms with E-state index in [0.717, 1.165) is 54.0 Å². The summed E-state index contributed by atoms with van der Waals surface area (Å²) in [5.41, 5.74) is 4.08. The van der Waals surface area contributed by atoms with Gasteiger partial charge in [0.05, 0.1) is 5.69 Å². The average molecular weight is 422 g/mol. The maximum Gasteiger partial charge on any atom is 0.254 e. The van der Waals surface area contributed by atoms with Gasteiger partial charge in [0.25, 0.3) is 5.91 Å². The number of benzene rings is 2. The Morgan fingerprint density at radius 3 is 2.43 bits per heavy atom. The second kappa shape index (κ2) is 9.02. The molecular weight excluding hydrogens is 394 g/mol. The van der Waals surface area contributed by atoms with Crippen LogP contribution in [-0.4, -0.2) is 63.7 Å². The molecule has 1 saturated heterocycles. The summed E-state index contributed by atoms with van der Waals surface area (Å²) in [4.78, 5) is 17.4. The van der Waals surface area contributed by atoms with Crippen LogP contribution in [0, 0.1) is 13.8 Å². The van der Waals surface area contributed by atoms with E-state index in [1.165, 1.54) is 5.56 Å². The van der Waals surface area contributed by atoms with E-state index in [-0.39, 0.29) is 5.91 Å². The minimum atomic E-state index is 0.121. The Morgan fingerprint density at radius 1 is 0.967 bits per heavy atom. The number of rotatable bonds is 5. The largest absolute Gasteiger partial charge is 0.336 e. The Labute approximate surface area is 181 Å². The molecule has 30 heavy (non-hydrogen) atoms. The highest BCUT2D eigenvalue weighted by Crippen LogP contribution is 2.28. The summed E-state index contributed by atoms with van der Waals surface area (Å²) in [5, 5.41) is 9.53. The lowest BCUT2D eigenvalue weighted by atomic mass is 10.1. The van der Waals surface area contributed by atoms with Crippen LogP contribution < -0.4 is 0 Å². The minimum absolute atomic E-state index is 0.121. The summed E-state index contributed by atoms with van der Waals surface area (Å²) in [6.45, 7) is 7.44. The molecule has 1 aliphatic heterocycles. The van der Waals surface area contributed by atoms with Crippen LogP contribution in [0.25, 0.3) is 5.69 Å². The Bertz CT molecular complexity index is 1040. The number of carbonyl (C=O) groups is 1. The normalized spacial score (nSPS) is 14.8. The number of para-hydroxylation sites is 1. The Hall–Kier alpha value is -2.64. The molecule has 0 unspecified atom stereocenters. The van der Waals surface area contributed by atoms with E-state index in [4.69, 9.17) is 0 Å². The quantitative estimate of drug-likeness (QED) is 0.590. The first-order valence-corrected chi connectivity index (χ1v) is 11.2. The molecule has 1 aliphatic rings. The van der Waals surface area contributed by atoms with Crippen molar-refractivity contribution in [1.29, 1.82) is 0 Å². The molecule has 0 atom stereocenters. The van der Waals surface area contributed by atoms with Gasteiger partial charge >= 0.3 is 0 Å². The second-order valence-corrected chi connectivity index (χ2v) is 8.64. The second-order valence-electron chi connectivity index (χ2n) is 7.69. The van der Waals surface area contributed by atoms with Gasteiger partial charge < -0.3 is 9.80 Å². The summed E-state index contributed by atoms with van der Waals surface area (Å²) in [5.74, 6) is 1.64. The number of amides is 1. The molecule has 1 fully saturated rings. The van der Waals surface area contributed by atoms with E-state index in [2.05, 4.69) is 45.8 Å². The van der Waals surface area contributed by atoms with E-state index in [1.54, 1.807) is 11.8 Å². The zero-order valence-corrected chi connectivity index (χ0v) is 18.5. The molecule has 1 amide bonds. The summed E-state index contributed by atoms with van der Waals surface area (Å²) < 4.78 is 2.09. The van der Waals surface area contributed by atoms with Crippen molar-refractivity contribution >= 4 is 17.7 Å². The summed E-state index contributed by atoms with van der Waals surface area (Å²) >= 11 is 1.61. The Balaban J connectivity index is 1.55. The monoisotopic (exact) mass is 421 g/mol. The first-order chi connectivity index (χ1) is 14.5. The van der Waals surface area contributed by atoms with Crippen LogP contribution in [0.1, 0.15) is 27.3 Å². The van der Waals surface area contributed by atoms with Gasteiger partial charge in [0.2, 0.25) is 0 Å². The van der Waals surface area contributed by atoms with E-state index >= 15 is 0 Å². The first kappa shape index (κ1) is 20.6. The number of nitrogens with zero attached hydrogens (tertiary/aromatic N) is 5. The third-order valence-corrected chi connectivity index (χ3v) is 6.52. The lowest BCUT2D eigenvalue weighted by Gasteiger charge is -2.32. The molecule has 1 aromatic heterocycles. The predicted octanol–water partition coefficient (Wildman–Crippen LogP) is 3.56. The molecule has 6 nitrogen and oxygen atoms in total. The molecule has 0 bridgehead atoms. The SMILES string of the molecule is Cc1ccccc1-n1c(C)nnc1SCc1ccccc1C(=O)N1CCN(C)CC1. The van der Waals surface area contributed by atoms with Crippen LogP contribution in [0.5, 0.6) is 0 Å². The van der Waals surface area contributed by atoms with E-state index in [1.807, 2.05) is 48.2 Å². The average Bonchev–Trinajstić information content (AvgIpc) is 3.13. The van der Waals surface area contributed by atoms with Crippen molar-refractivity contribution in [3.63, 3.8) is 0 Å². The molecule has 0 saturated carbocycles. The molecule has 0 spiro atoms. The third kappa shape index (κ3) is 4.27. The van der Waals surface area contributed by atoms with Gasteiger partial charge in [-0.1, -0.05) is 48.2 Å². The van der Waals surface area contributed by atoms with Crippen LogP contribution in [0.3, 0.4) is 0 Å². The number of aromatic nitrogens is 3. The molecule has 7 heteroatoms. The fourth-order valence-electron chi connectivity index (χ4n) is 3.71. The zero-order valence-electron chi connectivity index (χ0n) is 17.7. The molecule has 0 N–H and O–H groups in total. The maximum atomic E-state index is 13.1. The summed E-state index contributed by atoms with van der Waals surface area (Å²) in [6, 6.07) is 16.1. The van der Waals surface area contributed by atoms with Crippen molar-refractivity contribution in [1.82, 2.24) is 24.6 Å². The van der Waals surface area contributed by atoms with Crippen LogP contribution in [0.2, 0.25) is 0 Å². The predicted molar refractivity (Wildman–Crippen MR) is 120 cm³/mol. The number of thioether (sulfide) groups is 1. The van der Waals surface area contributed by atoms with Crippen LogP contribution in [-0.2, 0) is 5.75 Å². The summed E-state index contributed by atoms with van der Waals surface area (Å²) in [6.07, 6.45) is 0. The molecule has 2 heterocycles. The van der Waals surface area contributed by atoms with Gasteiger partial charge in [0.1, 0.15) is 5.82 Å². The van der Waals surface area contributed by atoms with Crippen molar-refractivity contribution in [3.05, 3.63) is 71.0 Å². The highest BCUT2D eigenvalue weighted by atomic mass is 32.2. The van der Waals surface area contributed by atoms with Crippen LogP contribution >= 0.6 is 11.8 Å². The fourth-order valence-corrected chi connectivity index (χ4v) is 4.70. The standard InChI is InChI=1S/C23H27N5OS/c1-17-8-4-7-11-21(17)28-18(2)24-25-23(28)30-16-19-9-5-6-10-20(19)22(29)27-14-12-26(3)13-15-27/h4-11H,12-16H2,1-3H3. The van der Waals surface area contributed by atoms with E-state index in [0.29, 0.717) is 5.75 Å². The van der Waals surface area contributed by atoms with Gasteiger partial charge in [0, 0.05) is 37.5 Å². The van der Waals surface area contributed by atoms with Crippen molar-refractivity contribution in [3.8, 4) is 5.69 Å². The molecule has 156 valence electrons. The lowest BCUT2D eigenvalue weighted by Crippen LogP contribution is -2.47. The molecule has 4 rings (SSSR count). The maximum absolute atomic E-state index is 13.1. The van der Waals surface area contributed by atoms with Gasteiger partial charge in [-0.2, -0.15) is 0 Å². The lowest BCUT2D eigenvalue weighted by molar-refractivity contribution is 0.0663. The Morgan fingerprint density at radius 2 is 1.67 bits per heavy atom. The van der Waals surface area contributed by atoms with E-state index in [9.17, 15) is 4.79 Å². The van der Waals surface area contributed by atoms with Crippen LogP contribution in [0.15, 0.2) is 53.7 Å². The van der Waals surface area contributed by atoms with Crippen molar-refractivity contribution in [2.45, 2.75) is 24.8 Å². The fraction of sp³-hybridized carbons (Fsp3) is 0.348. The van der Waals surface area contributed by atoms with Crippen LogP contribution in [0.4, 0.5) is 0 Å². The van der Waals surface area contributed by atoms with Crippen molar-refractivity contribution in [2.75, 3.05) is 33.2 Å². The first-order valence-electron chi connectivity index (χ1n) is 10.2. The highest BCUT2D eigenvalue weighted by molar-refractivity contribution is 7.98. The topological polar surface area (TPSA) is 54.3 Å². The van der Waals surface area contributed by atoms with Gasteiger partial charge in [-0.3, -0.25) is 9.36 Å². The smallest absolute Gasteiger partial charge is 0.254 e. The Kier molecular flexibility index (Phi) is 6.20. The van der Waals surface area contributed by atoms with Gasteiger partial charge in [-0.25, -0.2) is 0 Å². The molecular formula is C23H27N5OS. The molecule has 2 aromatic carbocycles. The van der Waals surface area contributed by atoms with E-state index < -0.39 is 0 Å². The number of aryl methyl sites for hydroxylation is 2. The van der Waals surface area contributed by atoms with Crippen molar-refractivity contribution < 1.29 is 4.79 Å². The zero-order chi connectivity index (χ0) is 21.1. The third-order valence-electron chi connectivity index (χ3n) is 5.55. The molecule has 0 radical (unpaired) electrons. The number of piperazine rings is 1. The molecule has 0 aliphatic carbocycles. The van der Waals surface area contributed by atoms with Gasteiger partial charge in [-0.15, -0.1) is 10.2 Å². The number of likely N-dealkylation sites (N-methyl/N-ethyl adjacent to an activating group) is 1. The molecule has 3 aromatic rings. The summed E-state index contributed by atoms with van der Waals surface area (Å²) in [7, 11) is 2.10. The minimum Gasteiger partial charge on any atom is -0.336 e. The highest BCUT2D eigenvalue weighted by Gasteiger charge is 2.22. The van der Waals surface area contributed by atoms with Gasteiger partial charge in [-0.05, 0) is 44.2 Å². The van der Waals surface area contributed by atoms with Gasteiger partial charge in [0.15, 0.2) is 5.16 Å². The van der Waals surface area contributed by atoms with Crippen molar-refractivity contribution in [2.24, 2.45) is 0 Å². The number of carbonyl (C=O) groups excluding carboxylic acids is 1. The number of hydrogen-bond acceptors (Lipinski definition) is 5.